The van der Waals surface area contributed by atoms with Gasteiger partial charge < -0.3 is 25.0 Å². The number of hydrogen-bond acceptors (Lipinski definition) is 6. The zero-order valence-electron chi connectivity index (χ0n) is 11.7. The van der Waals surface area contributed by atoms with E-state index in [2.05, 4.69) is 4.99 Å². The van der Waals surface area contributed by atoms with Gasteiger partial charge in [-0.3, -0.25) is 4.99 Å². The molecule has 0 aromatic rings. The fourth-order valence-electron chi connectivity index (χ4n) is 1.87. The molecule has 0 aliphatic carbocycles. The fraction of sp³-hybridized carbons (Fsp3) is 0.750. The predicted octanol–water partition coefficient (Wildman–Crippen LogP) is -0.635. The van der Waals surface area contributed by atoms with Crippen molar-refractivity contribution < 1.29 is 24.9 Å². The van der Waals surface area contributed by atoms with Gasteiger partial charge in [0, 0.05) is 12.1 Å². The number of hydrogen-bond donors (Lipinski definition) is 2. The number of rotatable bonds is 3. The van der Waals surface area contributed by atoms with Crippen LogP contribution < -0.4 is 5.11 Å². The van der Waals surface area contributed by atoms with E-state index in [0.717, 1.165) is 0 Å². The minimum absolute atomic E-state index is 0.124. The van der Waals surface area contributed by atoms with E-state index >= 15 is 0 Å². The van der Waals surface area contributed by atoms with Gasteiger partial charge in [0.05, 0.1) is 12.6 Å². The van der Waals surface area contributed by atoms with Crippen molar-refractivity contribution in [2.75, 3.05) is 13.1 Å². The van der Waals surface area contributed by atoms with E-state index in [9.17, 15) is 15.0 Å². The zero-order chi connectivity index (χ0) is 15.5. The van der Waals surface area contributed by atoms with Gasteiger partial charge in [0.25, 0.3) is 0 Å². The first-order valence-electron chi connectivity index (χ1n) is 6.22. The Balaban J connectivity index is 2.63. The quantitative estimate of drug-likeness (QED) is 0.406. The third-order valence-corrected chi connectivity index (χ3v) is 3.04. The van der Waals surface area contributed by atoms with Gasteiger partial charge in [0.15, 0.2) is 6.04 Å². The lowest BCUT2D eigenvalue weighted by molar-refractivity contribution is -0.260. The van der Waals surface area contributed by atoms with Crippen LogP contribution in [0.25, 0.3) is 0 Å². The normalized spacial score (nSPS) is 23.8. The number of aliphatic imine (C=N–C) groups is 1. The molecule has 2 unspecified atom stereocenters. The molecule has 8 heteroatoms. The Bertz CT molecular complexity index is 419. The largest absolute Gasteiger partial charge is 0.595 e. The molecule has 0 amide bonds. The van der Waals surface area contributed by atoms with Crippen LogP contribution in [0.2, 0.25) is 0 Å². The second kappa shape index (κ2) is 6.36. The molecule has 1 heterocycles. The third-order valence-electron chi connectivity index (χ3n) is 2.68. The number of ether oxygens (including phenoxy) is 1. The SMILES string of the molecule is CC(C)(C)OC([O-])=NCC(=S)N1CCC(O)C1C(=O)O. The summed E-state index contributed by atoms with van der Waals surface area (Å²) in [5, 5.41) is 30.1. The van der Waals surface area contributed by atoms with Crippen molar-refractivity contribution in [3.05, 3.63) is 0 Å². The first-order chi connectivity index (χ1) is 9.11. The van der Waals surface area contributed by atoms with E-state index in [1.54, 1.807) is 20.8 Å². The Morgan fingerprint density at radius 2 is 2.15 bits per heavy atom. The van der Waals surface area contributed by atoms with Crippen LogP contribution in [0.4, 0.5) is 0 Å². The van der Waals surface area contributed by atoms with E-state index in [1.165, 1.54) is 4.90 Å². The molecule has 0 aromatic carbocycles. The summed E-state index contributed by atoms with van der Waals surface area (Å²) in [4.78, 5) is 16.3. The Labute approximate surface area is 122 Å². The maximum absolute atomic E-state index is 11.4. The van der Waals surface area contributed by atoms with Gasteiger partial charge in [-0.1, -0.05) is 33.0 Å². The van der Waals surface area contributed by atoms with E-state index in [-0.39, 0.29) is 11.5 Å². The number of carbonyl (C=O) groups is 1. The second-order valence-corrected chi connectivity index (χ2v) is 5.99. The van der Waals surface area contributed by atoms with Crippen LogP contribution in [-0.2, 0) is 9.53 Å². The van der Waals surface area contributed by atoms with E-state index in [4.69, 9.17) is 22.1 Å². The Morgan fingerprint density at radius 3 is 2.65 bits per heavy atom. The predicted molar refractivity (Wildman–Crippen MR) is 74.5 cm³/mol. The summed E-state index contributed by atoms with van der Waals surface area (Å²) in [6, 6.07) is -1.07. The molecule has 1 saturated heterocycles. The van der Waals surface area contributed by atoms with Crippen LogP contribution in [0.15, 0.2) is 4.99 Å². The summed E-state index contributed by atoms with van der Waals surface area (Å²) in [6.45, 7) is 5.36. The second-order valence-electron chi connectivity index (χ2n) is 5.52. The number of carboxylic acids is 1. The third kappa shape index (κ3) is 4.61. The van der Waals surface area contributed by atoms with Gasteiger partial charge in [-0.05, 0) is 6.42 Å². The zero-order valence-corrected chi connectivity index (χ0v) is 12.5. The van der Waals surface area contributed by atoms with Crippen molar-refractivity contribution in [1.29, 1.82) is 0 Å². The molecule has 0 aromatic heterocycles. The molecule has 0 bridgehead atoms. The first kappa shape index (κ1) is 16.6. The number of aliphatic hydroxyl groups is 1. The van der Waals surface area contributed by atoms with E-state index < -0.39 is 29.8 Å². The number of aliphatic hydroxyl groups excluding tert-OH is 1. The molecule has 0 spiro atoms. The lowest BCUT2D eigenvalue weighted by Crippen LogP contribution is -2.45. The molecule has 114 valence electrons. The summed E-state index contributed by atoms with van der Waals surface area (Å²) in [7, 11) is 0. The maximum Gasteiger partial charge on any atom is 0.329 e. The smallest absolute Gasteiger partial charge is 0.329 e. The van der Waals surface area contributed by atoms with Gasteiger partial charge in [-0.15, -0.1) is 0 Å². The van der Waals surface area contributed by atoms with Crippen LogP contribution in [0.1, 0.15) is 27.2 Å². The lowest BCUT2D eigenvalue weighted by atomic mass is 10.2. The van der Waals surface area contributed by atoms with Gasteiger partial charge in [0.1, 0.15) is 11.1 Å². The van der Waals surface area contributed by atoms with Crippen molar-refractivity contribution >= 4 is 29.3 Å². The van der Waals surface area contributed by atoms with Gasteiger partial charge in [-0.25, -0.2) is 4.79 Å². The molecular weight excluding hydrogens is 284 g/mol. The Hall–Kier alpha value is -1.41. The molecule has 1 aliphatic heterocycles. The standard InChI is InChI=1S/C12H20N2O5S/c1-12(2,3)19-11(18)13-6-8(20)14-5-4-7(15)9(14)10(16)17/h7,9,15H,4-6H2,1-3H3,(H,13,18)(H,16,17)/p-1. The highest BCUT2D eigenvalue weighted by Crippen LogP contribution is 2.19. The van der Waals surface area contributed by atoms with Gasteiger partial charge in [-0.2, -0.15) is 0 Å². The summed E-state index contributed by atoms with van der Waals surface area (Å²) in [5.74, 6) is -1.14. The molecule has 2 N–H and O–H groups in total. The maximum atomic E-state index is 11.4. The summed E-state index contributed by atoms with van der Waals surface area (Å²) in [6.07, 6.45) is -1.39. The Kier molecular flexibility index (Phi) is 5.29. The van der Waals surface area contributed by atoms with Gasteiger partial charge in [0.2, 0.25) is 0 Å². The van der Waals surface area contributed by atoms with E-state index in [1.807, 2.05) is 0 Å². The molecule has 0 saturated carbocycles. The van der Waals surface area contributed by atoms with Gasteiger partial charge >= 0.3 is 5.97 Å². The summed E-state index contributed by atoms with van der Waals surface area (Å²) < 4.78 is 5.00. The summed E-state index contributed by atoms with van der Waals surface area (Å²) >= 11 is 5.07. The van der Waals surface area contributed by atoms with Crippen molar-refractivity contribution in [3.8, 4) is 0 Å². The fourth-order valence-corrected chi connectivity index (χ4v) is 2.14. The van der Waals surface area contributed by atoms with Crippen LogP contribution in [0.3, 0.4) is 0 Å². The molecule has 1 aliphatic rings. The monoisotopic (exact) mass is 303 g/mol. The molecule has 1 rings (SSSR count). The lowest BCUT2D eigenvalue weighted by Gasteiger charge is -2.30. The highest BCUT2D eigenvalue weighted by Gasteiger charge is 2.39. The minimum atomic E-state index is -1.14. The van der Waals surface area contributed by atoms with Crippen LogP contribution >= 0.6 is 12.2 Å². The Morgan fingerprint density at radius 1 is 1.55 bits per heavy atom. The van der Waals surface area contributed by atoms with Crippen molar-refractivity contribution in [2.24, 2.45) is 4.99 Å². The van der Waals surface area contributed by atoms with Crippen molar-refractivity contribution in [1.82, 2.24) is 4.90 Å². The average Bonchev–Trinajstić information content (AvgIpc) is 2.65. The molecule has 2 atom stereocenters. The highest BCUT2D eigenvalue weighted by atomic mass is 32.1. The number of thiocarbonyl (C=S) groups is 1. The molecule has 20 heavy (non-hydrogen) atoms. The highest BCUT2D eigenvalue weighted by molar-refractivity contribution is 7.80. The molecular formula is C12H19N2O5S-. The molecule has 1 fully saturated rings. The number of aliphatic carboxylic acids is 1. The van der Waals surface area contributed by atoms with Crippen LogP contribution in [0, 0.1) is 0 Å². The van der Waals surface area contributed by atoms with Crippen molar-refractivity contribution in [3.63, 3.8) is 0 Å². The number of likely N-dealkylation sites (tertiary alicyclic amines) is 1. The first-order valence-corrected chi connectivity index (χ1v) is 6.63. The van der Waals surface area contributed by atoms with Crippen LogP contribution in [-0.4, -0.2) is 63.0 Å². The number of nitrogens with zero attached hydrogens (tertiary/aromatic N) is 2. The molecule has 0 radical (unpaired) electrons. The summed E-state index contributed by atoms with van der Waals surface area (Å²) in [5.41, 5.74) is -0.643. The molecule has 7 nitrogen and oxygen atoms in total. The topological polar surface area (TPSA) is 105 Å². The van der Waals surface area contributed by atoms with Crippen molar-refractivity contribution in [2.45, 2.75) is 44.9 Å². The van der Waals surface area contributed by atoms with Crippen LogP contribution in [0.5, 0.6) is 0 Å². The minimum Gasteiger partial charge on any atom is -0.595 e. The van der Waals surface area contributed by atoms with E-state index in [0.29, 0.717) is 13.0 Å². The number of carboxylic acid groups (broad SMARTS) is 1. The average molecular weight is 303 g/mol.